The van der Waals surface area contributed by atoms with E-state index in [1.807, 2.05) is 0 Å². The van der Waals surface area contributed by atoms with Gasteiger partial charge in [-0.25, -0.2) is 22.4 Å². The molecule has 2 aromatic carbocycles. The van der Waals surface area contributed by atoms with Crippen molar-refractivity contribution in [1.29, 1.82) is 0 Å². The van der Waals surface area contributed by atoms with Gasteiger partial charge in [-0.15, -0.1) is 0 Å². The van der Waals surface area contributed by atoms with Gasteiger partial charge in [0.15, 0.2) is 17.5 Å². The van der Waals surface area contributed by atoms with Gasteiger partial charge in [0.2, 0.25) is 0 Å². The Bertz CT molecular complexity index is 668. The molecule has 0 unspecified atom stereocenters. The van der Waals surface area contributed by atoms with Crippen molar-refractivity contribution >= 4 is 5.97 Å². The van der Waals surface area contributed by atoms with Crippen LogP contribution < -0.4 is 0 Å². The van der Waals surface area contributed by atoms with E-state index in [0.717, 1.165) is 24.3 Å². The second-order valence-electron chi connectivity index (χ2n) is 3.69. The highest BCUT2D eigenvalue weighted by Crippen LogP contribution is 2.30. The van der Waals surface area contributed by atoms with Gasteiger partial charge < -0.3 is 5.11 Å². The molecule has 6 heteroatoms. The summed E-state index contributed by atoms with van der Waals surface area (Å²) in [7, 11) is 0. The van der Waals surface area contributed by atoms with E-state index in [-0.39, 0.29) is 5.56 Å². The predicted octanol–water partition coefficient (Wildman–Crippen LogP) is 3.61. The third kappa shape index (κ3) is 2.16. The van der Waals surface area contributed by atoms with Crippen molar-refractivity contribution in [3.05, 3.63) is 59.2 Å². The van der Waals surface area contributed by atoms with E-state index in [9.17, 15) is 22.4 Å². The Labute approximate surface area is 104 Å². The van der Waals surface area contributed by atoms with E-state index in [0.29, 0.717) is 6.07 Å². The van der Waals surface area contributed by atoms with Gasteiger partial charge in [0.25, 0.3) is 0 Å². The fourth-order valence-corrected chi connectivity index (χ4v) is 1.70. The van der Waals surface area contributed by atoms with Crippen LogP contribution in [-0.4, -0.2) is 11.1 Å². The molecule has 0 aliphatic rings. The first-order valence-corrected chi connectivity index (χ1v) is 5.09. The maximum absolute atomic E-state index is 13.6. The number of halogens is 4. The average Bonchev–Trinajstić information content (AvgIpc) is 2.35. The molecule has 0 amide bonds. The molecule has 0 bridgehead atoms. The maximum Gasteiger partial charge on any atom is 0.339 e. The lowest BCUT2D eigenvalue weighted by Crippen LogP contribution is -2.05. The van der Waals surface area contributed by atoms with Crippen molar-refractivity contribution in [3.63, 3.8) is 0 Å². The Morgan fingerprint density at radius 1 is 0.842 bits per heavy atom. The molecule has 0 atom stereocenters. The molecule has 0 spiro atoms. The summed E-state index contributed by atoms with van der Waals surface area (Å²) in [6.45, 7) is 0. The van der Waals surface area contributed by atoms with Gasteiger partial charge >= 0.3 is 5.97 Å². The minimum Gasteiger partial charge on any atom is -0.478 e. The van der Waals surface area contributed by atoms with E-state index in [4.69, 9.17) is 5.11 Å². The van der Waals surface area contributed by atoms with Gasteiger partial charge in [-0.1, -0.05) is 12.1 Å². The Hall–Kier alpha value is -2.37. The Morgan fingerprint density at radius 3 is 2.16 bits per heavy atom. The van der Waals surface area contributed by atoms with Gasteiger partial charge in [0.05, 0.1) is 0 Å². The molecule has 2 rings (SSSR count). The van der Waals surface area contributed by atoms with Crippen LogP contribution in [0.25, 0.3) is 11.1 Å². The van der Waals surface area contributed by atoms with Crippen molar-refractivity contribution in [2.45, 2.75) is 0 Å². The number of aromatic carboxylic acids is 1. The molecule has 1 N–H and O–H groups in total. The van der Waals surface area contributed by atoms with Gasteiger partial charge in [-0.05, 0) is 18.2 Å². The van der Waals surface area contributed by atoms with Crippen molar-refractivity contribution in [3.8, 4) is 11.1 Å². The van der Waals surface area contributed by atoms with Crippen LogP contribution in [0.3, 0.4) is 0 Å². The highest BCUT2D eigenvalue weighted by Gasteiger charge is 2.21. The minimum atomic E-state index is -1.74. The first kappa shape index (κ1) is 13.1. The van der Waals surface area contributed by atoms with E-state index in [1.54, 1.807) is 0 Å². The summed E-state index contributed by atoms with van der Waals surface area (Å²) in [6, 6.07) is 4.64. The third-order valence-electron chi connectivity index (χ3n) is 2.55. The summed E-state index contributed by atoms with van der Waals surface area (Å²) in [5.74, 6) is -7.42. The normalized spacial score (nSPS) is 10.5. The topological polar surface area (TPSA) is 37.3 Å². The van der Waals surface area contributed by atoms with E-state index >= 15 is 0 Å². The van der Waals surface area contributed by atoms with Gasteiger partial charge in [-0.3, -0.25) is 0 Å². The molecule has 2 aromatic rings. The van der Waals surface area contributed by atoms with Crippen LogP contribution in [-0.2, 0) is 0 Å². The number of carboxylic acid groups (broad SMARTS) is 1. The highest BCUT2D eigenvalue weighted by atomic mass is 19.2. The molecule has 19 heavy (non-hydrogen) atoms. The number of carbonyl (C=O) groups is 1. The number of rotatable bonds is 2. The van der Waals surface area contributed by atoms with Crippen molar-refractivity contribution < 1.29 is 27.5 Å². The molecule has 0 radical (unpaired) electrons. The van der Waals surface area contributed by atoms with Crippen LogP contribution in [0.2, 0.25) is 0 Å². The Morgan fingerprint density at radius 2 is 1.53 bits per heavy atom. The zero-order chi connectivity index (χ0) is 14.2. The fraction of sp³-hybridized carbons (Fsp3) is 0. The number of hydrogen-bond donors (Lipinski definition) is 1. The molecular weight excluding hydrogens is 264 g/mol. The number of carboxylic acids is 1. The molecule has 0 saturated carbocycles. The van der Waals surface area contributed by atoms with Crippen LogP contribution in [0.15, 0.2) is 30.3 Å². The van der Waals surface area contributed by atoms with Gasteiger partial charge in [0, 0.05) is 11.1 Å². The highest BCUT2D eigenvalue weighted by molar-refractivity contribution is 5.96. The molecule has 98 valence electrons. The fourth-order valence-electron chi connectivity index (χ4n) is 1.70. The summed E-state index contributed by atoms with van der Waals surface area (Å²) >= 11 is 0. The van der Waals surface area contributed by atoms with Crippen LogP contribution in [0.5, 0.6) is 0 Å². The minimum absolute atomic E-state index is 0.357. The SMILES string of the molecule is O=C(O)c1c(F)cccc1-c1ccc(F)c(F)c1F. The molecule has 0 heterocycles. The van der Waals surface area contributed by atoms with Gasteiger partial charge in [0.1, 0.15) is 11.4 Å². The zero-order valence-corrected chi connectivity index (χ0v) is 9.25. The first-order valence-electron chi connectivity index (χ1n) is 5.09. The lowest BCUT2D eigenvalue weighted by molar-refractivity contribution is 0.0693. The standard InChI is InChI=1S/C13H6F4O2/c14-8-3-1-2-6(10(8)13(18)19)7-4-5-9(15)12(17)11(7)16/h1-5H,(H,18,19). The molecule has 2 nitrogen and oxygen atoms in total. The third-order valence-corrected chi connectivity index (χ3v) is 2.55. The molecule has 0 aromatic heterocycles. The average molecular weight is 270 g/mol. The maximum atomic E-state index is 13.6. The van der Waals surface area contributed by atoms with Crippen molar-refractivity contribution in [2.75, 3.05) is 0 Å². The lowest BCUT2D eigenvalue weighted by Gasteiger charge is -2.09. The Kier molecular flexibility index (Phi) is 3.25. The summed E-state index contributed by atoms with van der Waals surface area (Å²) in [4.78, 5) is 10.9. The van der Waals surface area contributed by atoms with Gasteiger partial charge in [-0.2, -0.15) is 0 Å². The first-order chi connectivity index (χ1) is 8.93. The Balaban J connectivity index is 2.77. The zero-order valence-electron chi connectivity index (χ0n) is 9.25. The quantitative estimate of drug-likeness (QED) is 0.668. The van der Waals surface area contributed by atoms with E-state index in [2.05, 4.69) is 0 Å². The van der Waals surface area contributed by atoms with Crippen LogP contribution in [0.1, 0.15) is 10.4 Å². The molecule has 0 saturated heterocycles. The predicted molar refractivity (Wildman–Crippen MR) is 58.7 cm³/mol. The summed E-state index contributed by atoms with van der Waals surface area (Å²) in [6.07, 6.45) is 0. The van der Waals surface area contributed by atoms with Crippen LogP contribution in [0.4, 0.5) is 17.6 Å². The monoisotopic (exact) mass is 270 g/mol. The van der Waals surface area contributed by atoms with Crippen molar-refractivity contribution in [1.82, 2.24) is 0 Å². The van der Waals surface area contributed by atoms with E-state index < -0.39 is 40.4 Å². The largest absolute Gasteiger partial charge is 0.478 e. The summed E-state index contributed by atoms with van der Waals surface area (Å²) in [5, 5.41) is 8.89. The molecule has 0 fully saturated rings. The smallest absolute Gasteiger partial charge is 0.339 e. The van der Waals surface area contributed by atoms with Crippen LogP contribution in [0, 0.1) is 23.3 Å². The molecule has 0 aliphatic carbocycles. The summed E-state index contributed by atoms with van der Waals surface area (Å²) < 4.78 is 52.9. The molecular formula is C13H6F4O2. The second kappa shape index (κ2) is 4.72. The summed E-state index contributed by atoms with van der Waals surface area (Å²) in [5.41, 5.74) is -1.67. The second-order valence-corrected chi connectivity index (χ2v) is 3.69. The van der Waals surface area contributed by atoms with Crippen molar-refractivity contribution in [2.24, 2.45) is 0 Å². The number of hydrogen-bond acceptors (Lipinski definition) is 1. The lowest BCUT2D eigenvalue weighted by atomic mass is 9.98. The number of benzene rings is 2. The van der Waals surface area contributed by atoms with Crippen LogP contribution >= 0.6 is 0 Å². The molecule has 0 aliphatic heterocycles. The van der Waals surface area contributed by atoms with E-state index in [1.165, 1.54) is 0 Å².